The van der Waals surface area contributed by atoms with Crippen molar-refractivity contribution in [2.75, 3.05) is 0 Å². The van der Waals surface area contributed by atoms with Gasteiger partial charge in [0.15, 0.2) is 0 Å². The summed E-state index contributed by atoms with van der Waals surface area (Å²) in [5.41, 5.74) is 0.239. The highest BCUT2D eigenvalue weighted by atomic mass is 35.5. The van der Waals surface area contributed by atoms with Gasteiger partial charge in [-0.1, -0.05) is 23.2 Å². The Morgan fingerprint density at radius 3 is 2.29 bits per heavy atom. The molecule has 6 heteroatoms. The lowest BCUT2D eigenvalue weighted by Crippen LogP contribution is -1.92. The summed E-state index contributed by atoms with van der Waals surface area (Å²) in [4.78, 5) is 9.83. The predicted octanol–water partition coefficient (Wildman–Crippen LogP) is 2.97. The molecule has 0 spiro atoms. The van der Waals surface area contributed by atoms with Gasteiger partial charge in [-0.2, -0.15) is 5.26 Å². The molecule has 0 fully saturated rings. The number of hydrogen-bond donors (Lipinski definition) is 0. The van der Waals surface area contributed by atoms with E-state index >= 15 is 0 Å². The van der Waals surface area contributed by atoms with E-state index in [0.29, 0.717) is 5.56 Å². The summed E-state index contributed by atoms with van der Waals surface area (Å²) >= 11 is 11.3. The number of benzene rings is 1. The van der Waals surface area contributed by atoms with E-state index in [1.807, 2.05) is 6.07 Å². The van der Waals surface area contributed by atoms with E-state index in [1.165, 1.54) is 12.1 Å². The van der Waals surface area contributed by atoms with Gasteiger partial charge in [-0.05, 0) is 17.7 Å². The van der Waals surface area contributed by atoms with Crippen LogP contribution in [-0.2, 0) is 6.42 Å². The van der Waals surface area contributed by atoms with E-state index < -0.39 is 4.92 Å². The Hall–Kier alpha value is -1.31. The van der Waals surface area contributed by atoms with Crippen LogP contribution in [0.15, 0.2) is 12.1 Å². The molecular weight excluding hydrogens is 227 g/mol. The first-order valence-corrected chi connectivity index (χ1v) is 4.31. The first kappa shape index (κ1) is 10.8. The highest BCUT2D eigenvalue weighted by Crippen LogP contribution is 2.33. The van der Waals surface area contributed by atoms with Gasteiger partial charge >= 0.3 is 5.69 Å². The molecule has 1 aromatic rings. The number of nitro benzene ring substituents is 1. The molecule has 0 aliphatic carbocycles. The van der Waals surface area contributed by atoms with Crippen molar-refractivity contribution in [1.82, 2.24) is 0 Å². The highest BCUT2D eigenvalue weighted by molar-refractivity contribution is 6.38. The number of nitro groups is 1. The maximum atomic E-state index is 10.5. The molecule has 0 saturated carbocycles. The molecule has 0 radical (unpaired) electrons. The van der Waals surface area contributed by atoms with Crippen molar-refractivity contribution >= 4 is 28.9 Å². The van der Waals surface area contributed by atoms with Crippen molar-refractivity contribution in [2.45, 2.75) is 6.42 Å². The van der Waals surface area contributed by atoms with Crippen molar-refractivity contribution in [3.63, 3.8) is 0 Å². The molecule has 0 heterocycles. The molecular formula is C8H4Cl2N2O2. The maximum absolute atomic E-state index is 10.5. The van der Waals surface area contributed by atoms with Crippen molar-refractivity contribution in [3.05, 3.63) is 37.9 Å². The minimum absolute atomic E-state index is 0.0484. The van der Waals surface area contributed by atoms with E-state index in [4.69, 9.17) is 28.5 Å². The smallest absolute Gasteiger partial charge is 0.258 e. The summed E-state index contributed by atoms with van der Waals surface area (Å²) in [7, 11) is 0. The Morgan fingerprint density at radius 2 is 1.93 bits per heavy atom. The zero-order chi connectivity index (χ0) is 10.7. The van der Waals surface area contributed by atoms with Crippen LogP contribution in [-0.4, -0.2) is 4.92 Å². The molecule has 0 atom stereocenters. The van der Waals surface area contributed by atoms with E-state index in [9.17, 15) is 10.1 Å². The molecule has 0 bridgehead atoms. The third-order valence-electron chi connectivity index (χ3n) is 1.54. The van der Waals surface area contributed by atoms with Gasteiger partial charge in [-0.3, -0.25) is 10.1 Å². The van der Waals surface area contributed by atoms with Crippen LogP contribution < -0.4 is 0 Å². The second-order valence-corrected chi connectivity index (χ2v) is 3.31. The van der Waals surface area contributed by atoms with Crippen LogP contribution in [0.2, 0.25) is 10.0 Å². The molecule has 0 aliphatic heterocycles. The minimum Gasteiger partial charge on any atom is -0.258 e. The van der Waals surface area contributed by atoms with Gasteiger partial charge in [0.1, 0.15) is 10.0 Å². The normalized spacial score (nSPS) is 9.50. The number of nitrogens with zero attached hydrogens (tertiary/aromatic N) is 2. The van der Waals surface area contributed by atoms with Gasteiger partial charge in [-0.25, -0.2) is 0 Å². The Labute approximate surface area is 89.8 Å². The third kappa shape index (κ3) is 2.13. The Bertz CT molecular complexity index is 403. The fraction of sp³-hybridized carbons (Fsp3) is 0.125. The quantitative estimate of drug-likeness (QED) is 0.580. The molecule has 1 aromatic carbocycles. The zero-order valence-corrected chi connectivity index (χ0v) is 8.34. The lowest BCUT2D eigenvalue weighted by atomic mass is 10.1. The second kappa shape index (κ2) is 4.27. The van der Waals surface area contributed by atoms with E-state index in [-0.39, 0.29) is 22.2 Å². The standard InChI is InChI=1S/C8H4Cl2N2O2/c9-6-3-5(1-2-11)4-7(10)8(6)12(13)14/h3-4H,1H2. The third-order valence-corrected chi connectivity index (χ3v) is 2.12. The molecule has 0 aliphatic rings. The Morgan fingerprint density at radius 1 is 1.43 bits per heavy atom. The summed E-state index contributed by atoms with van der Waals surface area (Å²) in [5, 5.41) is 18.8. The molecule has 0 aromatic heterocycles. The highest BCUT2D eigenvalue weighted by Gasteiger charge is 2.18. The van der Waals surface area contributed by atoms with Gasteiger partial charge in [0.25, 0.3) is 0 Å². The lowest BCUT2D eigenvalue weighted by molar-refractivity contribution is -0.384. The Balaban J connectivity index is 3.26. The summed E-state index contributed by atoms with van der Waals surface area (Å²) in [6.07, 6.45) is 0.122. The Kier molecular flexibility index (Phi) is 3.28. The average Bonchev–Trinajstić information content (AvgIpc) is 2.01. The summed E-state index contributed by atoms with van der Waals surface area (Å²) in [6.45, 7) is 0. The topological polar surface area (TPSA) is 66.9 Å². The first-order chi connectivity index (χ1) is 6.56. The maximum Gasteiger partial charge on any atom is 0.306 e. The summed E-state index contributed by atoms with van der Waals surface area (Å²) in [6, 6.07) is 4.64. The minimum atomic E-state index is -0.652. The molecule has 14 heavy (non-hydrogen) atoms. The van der Waals surface area contributed by atoms with Crippen molar-refractivity contribution in [3.8, 4) is 6.07 Å². The largest absolute Gasteiger partial charge is 0.306 e. The SMILES string of the molecule is N#CCc1cc(Cl)c([N+](=O)[O-])c(Cl)c1. The van der Waals surface area contributed by atoms with Crippen molar-refractivity contribution < 1.29 is 4.92 Å². The second-order valence-electron chi connectivity index (χ2n) is 2.50. The van der Waals surface area contributed by atoms with Gasteiger partial charge in [0.05, 0.1) is 17.4 Å². The lowest BCUT2D eigenvalue weighted by Gasteiger charge is -2.00. The molecule has 4 nitrogen and oxygen atoms in total. The number of hydrogen-bond acceptors (Lipinski definition) is 3. The van der Waals surface area contributed by atoms with Crippen LogP contribution >= 0.6 is 23.2 Å². The molecule has 0 unspecified atom stereocenters. The average molecular weight is 231 g/mol. The van der Waals surface area contributed by atoms with Crippen molar-refractivity contribution in [1.29, 1.82) is 5.26 Å². The van der Waals surface area contributed by atoms with Crippen LogP contribution in [0.3, 0.4) is 0 Å². The van der Waals surface area contributed by atoms with Crippen LogP contribution in [0.4, 0.5) is 5.69 Å². The molecule has 72 valence electrons. The van der Waals surface area contributed by atoms with Gasteiger partial charge in [0.2, 0.25) is 0 Å². The fourth-order valence-electron chi connectivity index (χ4n) is 0.986. The predicted molar refractivity (Wildman–Crippen MR) is 52.4 cm³/mol. The van der Waals surface area contributed by atoms with Gasteiger partial charge < -0.3 is 0 Å². The van der Waals surface area contributed by atoms with E-state index in [1.54, 1.807) is 0 Å². The van der Waals surface area contributed by atoms with Crippen LogP contribution in [0.5, 0.6) is 0 Å². The van der Waals surface area contributed by atoms with Crippen molar-refractivity contribution in [2.24, 2.45) is 0 Å². The van der Waals surface area contributed by atoms with Crippen LogP contribution in [0.25, 0.3) is 0 Å². The van der Waals surface area contributed by atoms with Crippen LogP contribution in [0.1, 0.15) is 5.56 Å². The van der Waals surface area contributed by atoms with Crippen LogP contribution in [0, 0.1) is 21.4 Å². The van der Waals surface area contributed by atoms with E-state index in [2.05, 4.69) is 0 Å². The van der Waals surface area contributed by atoms with E-state index in [0.717, 1.165) is 0 Å². The summed E-state index contributed by atoms with van der Waals surface area (Å²) < 4.78 is 0. The molecule has 0 amide bonds. The van der Waals surface area contributed by atoms with Gasteiger partial charge in [0, 0.05) is 0 Å². The monoisotopic (exact) mass is 230 g/mol. The van der Waals surface area contributed by atoms with Gasteiger partial charge in [-0.15, -0.1) is 0 Å². The number of halogens is 2. The zero-order valence-electron chi connectivity index (χ0n) is 6.83. The molecule has 0 saturated heterocycles. The molecule has 1 rings (SSSR count). The fourth-order valence-corrected chi connectivity index (χ4v) is 1.66. The number of nitriles is 1. The molecule has 0 N–H and O–H groups in total. The number of rotatable bonds is 2. The summed E-state index contributed by atoms with van der Waals surface area (Å²) in [5.74, 6) is 0. The first-order valence-electron chi connectivity index (χ1n) is 3.55.